The molecule has 0 aromatic rings. The normalized spacial score (nSPS) is 27.1. The molecule has 0 aliphatic carbocycles. The first-order chi connectivity index (χ1) is 7.50. The van der Waals surface area contributed by atoms with Crippen molar-refractivity contribution in [2.45, 2.75) is 45.2 Å². The number of primary amides is 1. The Morgan fingerprint density at radius 3 is 2.81 bits per heavy atom. The van der Waals surface area contributed by atoms with E-state index in [1.54, 1.807) is 6.92 Å². The molecule has 16 heavy (non-hydrogen) atoms. The molecule has 5 nitrogen and oxygen atoms in total. The molecular weight excluding hydrogens is 206 g/mol. The summed E-state index contributed by atoms with van der Waals surface area (Å²) >= 11 is 0. The minimum Gasteiger partial charge on any atom is -0.368 e. The van der Waals surface area contributed by atoms with Gasteiger partial charge in [0.1, 0.15) is 6.04 Å². The van der Waals surface area contributed by atoms with E-state index in [2.05, 4.69) is 17.6 Å². The average molecular weight is 227 g/mol. The Labute approximate surface area is 96.1 Å². The quantitative estimate of drug-likeness (QED) is 0.619. The fourth-order valence-electron chi connectivity index (χ4n) is 1.96. The van der Waals surface area contributed by atoms with Gasteiger partial charge in [0.25, 0.3) is 0 Å². The number of hydrogen-bond donors (Lipinski definition) is 3. The lowest BCUT2D eigenvalue weighted by molar-refractivity contribution is -0.127. The molecule has 1 fully saturated rings. The van der Waals surface area contributed by atoms with Crippen LogP contribution in [0.5, 0.6) is 0 Å². The molecule has 0 aromatic heterocycles. The van der Waals surface area contributed by atoms with Crippen LogP contribution in [0.3, 0.4) is 0 Å². The van der Waals surface area contributed by atoms with Gasteiger partial charge in [0.05, 0.1) is 0 Å². The van der Waals surface area contributed by atoms with Crippen LogP contribution in [0.15, 0.2) is 0 Å². The summed E-state index contributed by atoms with van der Waals surface area (Å²) in [5.74, 6) is -0.112. The number of piperidine rings is 1. The second-order valence-corrected chi connectivity index (χ2v) is 4.58. The van der Waals surface area contributed by atoms with Crippen LogP contribution in [0.4, 0.5) is 0 Å². The fraction of sp³-hybridized carbons (Fsp3) is 0.818. The lowest BCUT2D eigenvalue weighted by Crippen LogP contribution is -2.47. The summed E-state index contributed by atoms with van der Waals surface area (Å²) in [5.41, 5.74) is 5.08. The number of hydrogen-bond acceptors (Lipinski definition) is 3. The van der Waals surface area contributed by atoms with Crippen molar-refractivity contribution in [3.05, 3.63) is 0 Å². The molecule has 2 amide bonds. The smallest absolute Gasteiger partial charge is 0.239 e. The second kappa shape index (κ2) is 5.84. The van der Waals surface area contributed by atoms with Crippen molar-refractivity contribution in [3.8, 4) is 0 Å². The first-order valence-corrected chi connectivity index (χ1v) is 5.82. The summed E-state index contributed by atoms with van der Waals surface area (Å²) in [6.07, 6.45) is 2.73. The van der Waals surface area contributed by atoms with Crippen molar-refractivity contribution in [2.75, 3.05) is 6.54 Å². The average Bonchev–Trinajstić information content (AvgIpc) is 2.21. The summed E-state index contributed by atoms with van der Waals surface area (Å²) < 4.78 is 0. The summed E-state index contributed by atoms with van der Waals surface area (Å²) in [7, 11) is 0. The van der Waals surface area contributed by atoms with Gasteiger partial charge in [0.15, 0.2) is 0 Å². The van der Waals surface area contributed by atoms with E-state index in [0.717, 1.165) is 19.4 Å². The molecule has 0 spiro atoms. The van der Waals surface area contributed by atoms with Gasteiger partial charge in [0, 0.05) is 12.5 Å². The molecule has 0 aromatic carbocycles. The Bertz CT molecular complexity index is 268. The standard InChI is InChI=1S/C11H21N3O2/c1-7-4-3-5-13-9(7)6-10(15)14-8(2)11(12)16/h7-9,13H,3-6H2,1-2H3,(H2,12,16)(H,14,15). The predicted molar refractivity (Wildman–Crippen MR) is 61.6 cm³/mol. The Hall–Kier alpha value is -1.10. The molecule has 5 heteroatoms. The maximum absolute atomic E-state index is 11.6. The van der Waals surface area contributed by atoms with Crippen LogP contribution in [-0.4, -0.2) is 30.4 Å². The molecule has 1 aliphatic rings. The largest absolute Gasteiger partial charge is 0.368 e. The highest BCUT2D eigenvalue weighted by Crippen LogP contribution is 2.17. The van der Waals surface area contributed by atoms with Gasteiger partial charge in [-0.15, -0.1) is 0 Å². The molecule has 92 valence electrons. The molecule has 1 saturated heterocycles. The van der Waals surface area contributed by atoms with E-state index in [1.165, 1.54) is 0 Å². The lowest BCUT2D eigenvalue weighted by atomic mass is 9.90. The Morgan fingerprint density at radius 1 is 1.56 bits per heavy atom. The van der Waals surface area contributed by atoms with Crippen LogP contribution < -0.4 is 16.4 Å². The summed E-state index contributed by atoms with van der Waals surface area (Å²) in [5, 5.41) is 5.92. The number of rotatable bonds is 4. The minimum atomic E-state index is -0.591. The molecule has 3 atom stereocenters. The molecule has 0 saturated carbocycles. The monoisotopic (exact) mass is 227 g/mol. The van der Waals surface area contributed by atoms with Crippen molar-refractivity contribution in [2.24, 2.45) is 11.7 Å². The highest BCUT2D eigenvalue weighted by molar-refractivity contribution is 5.86. The zero-order chi connectivity index (χ0) is 12.1. The third-order valence-corrected chi connectivity index (χ3v) is 3.14. The highest BCUT2D eigenvalue weighted by Gasteiger charge is 2.24. The summed E-state index contributed by atoms with van der Waals surface area (Å²) in [6.45, 7) is 4.70. The van der Waals surface area contributed by atoms with Crippen molar-refractivity contribution >= 4 is 11.8 Å². The Kier molecular flexibility index (Phi) is 4.73. The molecule has 0 bridgehead atoms. The topological polar surface area (TPSA) is 84.2 Å². The van der Waals surface area contributed by atoms with Crippen LogP contribution in [-0.2, 0) is 9.59 Å². The molecular formula is C11H21N3O2. The van der Waals surface area contributed by atoms with Crippen LogP contribution in [0.2, 0.25) is 0 Å². The second-order valence-electron chi connectivity index (χ2n) is 4.58. The third kappa shape index (κ3) is 3.81. The molecule has 1 heterocycles. The van der Waals surface area contributed by atoms with E-state index in [0.29, 0.717) is 12.3 Å². The molecule has 1 rings (SSSR count). The number of nitrogens with two attached hydrogens (primary N) is 1. The fourth-order valence-corrected chi connectivity index (χ4v) is 1.96. The van der Waals surface area contributed by atoms with Gasteiger partial charge in [-0.25, -0.2) is 0 Å². The van der Waals surface area contributed by atoms with Gasteiger partial charge in [-0.1, -0.05) is 6.92 Å². The minimum absolute atomic E-state index is 0.113. The van der Waals surface area contributed by atoms with Gasteiger partial charge in [0.2, 0.25) is 11.8 Å². The summed E-state index contributed by atoms with van der Waals surface area (Å²) in [6, 6.07) is -0.375. The SMILES string of the molecule is CC(NC(=O)CC1NCCCC1C)C(N)=O. The van der Waals surface area contributed by atoms with E-state index in [4.69, 9.17) is 5.73 Å². The van der Waals surface area contributed by atoms with Crippen LogP contribution in [0.25, 0.3) is 0 Å². The van der Waals surface area contributed by atoms with Gasteiger partial charge in [-0.3, -0.25) is 9.59 Å². The molecule has 1 aliphatic heterocycles. The molecule has 4 N–H and O–H groups in total. The number of carbonyl (C=O) groups excluding carboxylic acids is 2. The predicted octanol–water partition coefficient (Wildman–Crippen LogP) is -0.245. The Balaban J connectivity index is 2.35. The van der Waals surface area contributed by atoms with Crippen molar-refractivity contribution in [1.29, 1.82) is 0 Å². The van der Waals surface area contributed by atoms with Crippen molar-refractivity contribution < 1.29 is 9.59 Å². The zero-order valence-corrected chi connectivity index (χ0v) is 9.95. The number of amides is 2. The molecule has 0 radical (unpaired) electrons. The maximum atomic E-state index is 11.6. The first kappa shape index (κ1) is 13.0. The van der Waals surface area contributed by atoms with Crippen LogP contribution in [0, 0.1) is 5.92 Å². The van der Waals surface area contributed by atoms with Gasteiger partial charge in [-0.05, 0) is 32.2 Å². The van der Waals surface area contributed by atoms with Crippen molar-refractivity contribution in [1.82, 2.24) is 10.6 Å². The zero-order valence-electron chi connectivity index (χ0n) is 9.95. The molecule has 3 unspecified atom stereocenters. The van der Waals surface area contributed by atoms with Crippen molar-refractivity contribution in [3.63, 3.8) is 0 Å². The van der Waals surface area contributed by atoms with E-state index < -0.39 is 11.9 Å². The van der Waals surface area contributed by atoms with E-state index in [9.17, 15) is 9.59 Å². The van der Waals surface area contributed by atoms with Gasteiger partial charge >= 0.3 is 0 Å². The van der Waals surface area contributed by atoms with E-state index >= 15 is 0 Å². The third-order valence-electron chi connectivity index (χ3n) is 3.14. The van der Waals surface area contributed by atoms with Gasteiger partial charge in [-0.2, -0.15) is 0 Å². The number of nitrogens with one attached hydrogen (secondary N) is 2. The Morgan fingerprint density at radius 2 is 2.25 bits per heavy atom. The maximum Gasteiger partial charge on any atom is 0.239 e. The number of carbonyl (C=O) groups is 2. The van der Waals surface area contributed by atoms with Gasteiger partial charge < -0.3 is 16.4 Å². The lowest BCUT2D eigenvalue weighted by Gasteiger charge is -2.29. The highest BCUT2D eigenvalue weighted by atomic mass is 16.2. The van der Waals surface area contributed by atoms with Crippen LogP contribution in [0.1, 0.15) is 33.1 Å². The summed E-state index contributed by atoms with van der Waals surface area (Å²) in [4.78, 5) is 22.4. The van der Waals surface area contributed by atoms with Crippen LogP contribution >= 0.6 is 0 Å². The van der Waals surface area contributed by atoms with E-state index in [1.807, 2.05) is 0 Å². The van der Waals surface area contributed by atoms with E-state index in [-0.39, 0.29) is 11.9 Å². The first-order valence-electron chi connectivity index (χ1n) is 5.82.